The summed E-state index contributed by atoms with van der Waals surface area (Å²) in [5, 5.41) is 7.03. The van der Waals surface area contributed by atoms with E-state index in [1.807, 2.05) is 66.7 Å². The number of anilines is 1. The Balaban J connectivity index is 1.56. The highest BCUT2D eigenvalue weighted by atomic mass is 79.9. The molecule has 3 aromatic rings. The normalized spacial score (nSPS) is 10.7. The minimum atomic E-state index is -0.0534. The molecule has 4 nitrogen and oxygen atoms in total. The van der Waals surface area contributed by atoms with E-state index in [4.69, 9.17) is 16.3 Å². The van der Waals surface area contributed by atoms with Crippen LogP contribution in [0.15, 0.2) is 71.2 Å². The third-order valence-corrected chi connectivity index (χ3v) is 5.47. The molecular weight excluding hydrogens is 476 g/mol. The molecule has 2 N–H and O–H groups in total. The molecule has 0 bridgehead atoms. The van der Waals surface area contributed by atoms with Gasteiger partial charge >= 0.3 is 0 Å². The number of halogens is 2. The summed E-state index contributed by atoms with van der Waals surface area (Å²) in [5.41, 5.74) is 3.70. The smallest absolute Gasteiger partial charge is 0.251 e. The second kappa shape index (κ2) is 11.2. The van der Waals surface area contributed by atoms with Crippen molar-refractivity contribution in [3.05, 3.63) is 92.9 Å². The molecule has 0 aliphatic rings. The molecule has 0 spiro atoms. The van der Waals surface area contributed by atoms with Gasteiger partial charge in [-0.05, 0) is 75.4 Å². The van der Waals surface area contributed by atoms with Gasteiger partial charge in [0.05, 0.1) is 4.47 Å². The Kier molecular flexibility index (Phi) is 8.38. The summed E-state index contributed by atoms with van der Waals surface area (Å²) in [7, 11) is 0. The van der Waals surface area contributed by atoms with Gasteiger partial charge in [0, 0.05) is 29.4 Å². The first-order chi connectivity index (χ1) is 14.9. The number of hydrogen-bond acceptors (Lipinski definition) is 3. The van der Waals surface area contributed by atoms with E-state index in [9.17, 15) is 4.79 Å². The van der Waals surface area contributed by atoms with Gasteiger partial charge in [0.15, 0.2) is 0 Å². The second-order valence-electron chi connectivity index (χ2n) is 7.72. The number of rotatable bonds is 9. The number of hydrogen-bond donors (Lipinski definition) is 2. The third kappa shape index (κ3) is 7.30. The Bertz CT molecular complexity index is 1020. The number of benzene rings is 3. The summed E-state index contributed by atoms with van der Waals surface area (Å²) in [6.07, 6.45) is 0. The van der Waals surface area contributed by atoms with Crippen LogP contribution in [0.25, 0.3) is 0 Å². The van der Waals surface area contributed by atoms with Crippen molar-refractivity contribution < 1.29 is 9.53 Å². The van der Waals surface area contributed by atoms with Crippen LogP contribution in [0, 0.1) is 5.92 Å². The fraction of sp³-hybridized carbons (Fsp3) is 0.240. The molecule has 0 heterocycles. The van der Waals surface area contributed by atoms with Gasteiger partial charge < -0.3 is 15.4 Å². The summed E-state index contributed by atoms with van der Waals surface area (Å²) in [5.74, 6) is 1.15. The molecule has 0 saturated heterocycles. The average molecular weight is 502 g/mol. The van der Waals surface area contributed by atoms with Crippen LogP contribution in [-0.2, 0) is 13.2 Å². The topological polar surface area (TPSA) is 50.4 Å². The monoisotopic (exact) mass is 500 g/mol. The molecule has 1 amide bonds. The predicted octanol–water partition coefficient (Wildman–Crippen LogP) is 6.68. The molecule has 0 fully saturated rings. The molecule has 3 rings (SSSR count). The van der Waals surface area contributed by atoms with Gasteiger partial charge in [0.25, 0.3) is 5.91 Å². The van der Waals surface area contributed by atoms with Crippen molar-refractivity contribution in [2.75, 3.05) is 11.9 Å². The van der Waals surface area contributed by atoms with Crippen molar-refractivity contribution in [2.45, 2.75) is 27.0 Å². The molecule has 6 heteroatoms. The quantitative estimate of drug-likeness (QED) is 0.344. The molecule has 0 aliphatic heterocycles. The Hall–Kier alpha value is -2.50. The fourth-order valence-electron chi connectivity index (χ4n) is 2.89. The van der Waals surface area contributed by atoms with Crippen LogP contribution in [0.3, 0.4) is 0 Å². The molecule has 0 unspecified atom stereocenters. The summed E-state index contributed by atoms with van der Waals surface area (Å²) in [4.78, 5) is 12.3. The zero-order chi connectivity index (χ0) is 22.2. The molecule has 0 aromatic heterocycles. The van der Waals surface area contributed by atoms with Crippen molar-refractivity contribution in [1.82, 2.24) is 5.32 Å². The summed E-state index contributed by atoms with van der Waals surface area (Å²) in [6.45, 7) is 5.91. The third-order valence-electron chi connectivity index (χ3n) is 4.60. The van der Waals surface area contributed by atoms with Gasteiger partial charge in [-0.25, -0.2) is 0 Å². The standard InChI is InChI=1S/C25H26BrClN2O2/c1-17(2)14-29-25(30)20-4-3-5-22(13-20)28-15-19-8-11-24(23(26)12-19)31-16-18-6-9-21(27)10-7-18/h3-13,17,28H,14-16H2,1-2H3,(H,29,30). The van der Waals surface area contributed by atoms with Crippen LogP contribution in [0.4, 0.5) is 5.69 Å². The van der Waals surface area contributed by atoms with Gasteiger partial charge in [-0.1, -0.05) is 49.7 Å². The number of carbonyl (C=O) groups excluding carboxylic acids is 1. The zero-order valence-corrected chi connectivity index (χ0v) is 20.0. The molecule has 162 valence electrons. The van der Waals surface area contributed by atoms with Gasteiger partial charge in [0.1, 0.15) is 12.4 Å². The maximum absolute atomic E-state index is 12.3. The predicted molar refractivity (Wildman–Crippen MR) is 131 cm³/mol. The highest BCUT2D eigenvalue weighted by molar-refractivity contribution is 9.10. The van der Waals surface area contributed by atoms with Gasteiger partial charge in [-0.3, -0.25) is 4.79 Å². The molecule has 0 saturated carbocycles. The first-order valence-corrected chi connectivity index (χ1v) is 11.4. The van der Waals surface area contributed by atoms with Gasteiger partial charge in [-0.15, -0.1) is 0 Å². The minimum Gasteiger partial charge on any atom is -0.488 e. The van der Waals surface area contributed by atoms with E-state index in [2.05, 4.69) is 40.4 Å². The van der Waals surface area contributed by atoms with Crippen LogP contribution in [-0.4, -0.2) is 12.5 Å². The first kappa shape index (κ1) is 23.2. The second-order valence-corrected chi connectivity index (χ2v) is 9.01. The first-order valence-electron chi connectivity index (χ1n) is 10.2. The maximum Gasteiger partial charge on any atom is 0.251 e. The molecule has 0 radical (unpaired) electrons. The number of amides is 1. The summed E-state index contributed by atoms with van der Waals surface area (Å²) in [6, 6.07) is 21.1. The highest BCUT2D eigenvalue weighted by Crippen LogP contribution is 2.27. The molecular formula is C25H26BrClN2O2. The van der Waals surface area contributed by atoms with Crippen LogP contribution in [0.2, 0.25) is 5.02 Å². The molecule has 3 aromatic carbocycles. The van der Waals surface area contributed by atoms with Crippen LogP contribution >= 0.6 is 27.5 Å². The van der Waals surface area contributed by atoms with Crippen molar-refractivity contribution in [3.8, 4) is 5.75 Å². The van der Waals surface area contributed by atoms with Crippen LogP contribution < -0.4 is 15.4 Å². The van der Waals surface area contributed by atoms with Crippen LogP contribution in [0.5, 0.6) is 5.75 Å². The van der Waals surface area contributed by atoms with E-state index in [0.29, 0.717) is 36.2 Å². The van der Waals surface area contributed by atoms with Gasteiger partial charge in [0.2, 0.25) is 0 Å². The number of ether oxygens (including phenoxy) is 1. The maximum atomic E-state index is 12.3. The average Bonchev–Trinajstić information content (AvgIpc) is 2.76. The zero-order valence-electron chi connectivity index (χ0n) is 17.6. The Labute approximate surface area is 197 Å². The molecule has 31 heavy (non-hydrogen) atoms. The van der Waals surface area contributed by atoms with Crippen molar-refractivity contribution in [3.63, 3.8) is 0 Å². The fourth-order valence-corrected chi connectivity index (χ4v) is 3.55. The Morgan fingerprint density at radius 3 is 2.48 bits per heavy atom. The van der Waals surface area contributed by atoms with Crippen molar-refractivity contribution in [1.29, 1.82) is 0 Å². The SMILES string of the molecule is CC(C)CNC(=O)c1cccc(NCc2ccc(OCc3ccc(Cl)cc3)c(Br)c2)c1. The lowest BCUT2D eigenvalue weighted by molar-refractivity contribution is 0.0949. The molecule has 0 atom stereocenters. The summed E-state index contributed by atoms with van der Waals surface area (Å²) >= 11 is 9.51. The van der Waals surface area contributed by atoms with E-state index >= 15 is 0 Å². The van der Waals surface area contributed by atoms with E-state index < -0.39 is 0 Å². The number of nitrogens with one attached hydrogen (secondary N) is 2. The van der Waals surface area contributed by atoms with E-state index in [0.717, 1.165) is 27.0 Å². The number of carbonyl (C=O) groups is 1. The van der Waals surface area contributed by atoms with Crippen molar-refractivity contribution >= 4 is 39.1 Å². The van der Waals surface area contributed by atoms with Gasteiger partial charge in [-0.2, -0.15) is 0 Å². The highest BCUT2D eigenvalue weighted by Gasteiger charge is 2.08. The Morgan fingerprint density at radius 2 is 1.77 bits per heavy atom. The minimum absolute atomic E-state index is 0.0534. The van der Waals surface area contributed by atoms with Crippen molar-refractivity contribution in [2.24, 2.45) is 5.92 Å². The van der Waals surface area contributed by atoms with E-state index in [1.54, 1.807) is 0 Å². The van der Waals surface area contributed by atoms with E-state index in [-0.39, 0.29) is 5.91 Å². The lowest BCUT2D eigenvalue weighted by Gasteiger charge is -2.12. The largest absolute Gasteiger partial charge is 0.488 e. The van der Waals surface area contributed by atoms with E-state index in [1.165, 1.54) is 0 Å². The Morgan fingerprint density at radius 1 is 1.03 bits per heavy atom. The van der Waals surface area contributed by atoms with Crippen LogP contribution in [0.1, 0.15) is 35.3 Å². The lowest BCUT2D eigenvalue weighted by Crippen LogP contribution is -2.27. The summed E-state index contributed by atoms with van der Waals surface area (Å²) < 4.78 is 6.80. The molecule has 0 aliphatic carbocycles. The lowest BCUT2D eigenvalue weighted by atomic mass is 10.1.